The van der Waals surface area contributed by atoms with E-state index in [2.05, 4.69) is 5.32 Å². The van der Waals surface area contributed by atoms with E-state index in [1.165, 1.54) is 18.2 Å². The Morgan fingerprint density at radius 3 is 2.71 bits per heavy atom. The van der Waals surface area contributed by atoms with Crippen molar-refractivity contribution >= 4 is 40.3 Å². The lowest BCUT2D eigenvalue weighted by Crippen LogP contribution is -2.24. The molecule has 2 aromatic carbocycles. The topological polar surface area (TPSA) is 102 Å². The van der Waals surface area contributed by atoms with Gasteiger partial charge in [-0.25, -0.2) is 9.59 Å². The summed E-state index contributed by atoms with van der Waals surface area (Å²) in [5, 5.41) is 12.1. The third-order valence-corrected chi connectivity index (χ3v) is 3.56. The van der Waals surface area contributed by atoms with Gasteiger partial charge in [0.1, 0.15) is 6.54 Å². The smallest absolute Gasteiger partial charge is 0.420 e. The lowest BCUT2D eigenvalue weighted by atomic mass is 10.2. The van der Waals surface area contributed by atoms with E-state index in [-0.39, 0.29) is 23.2 Å². The summed E-state index contributed by atoms with van der Waals surface area (Å²) >= 11 is 5.84. The van der Waals surface area contributed by atoms with Crippen molar-refractivity contribution in [2.24, 2.45) is 0 Å². The molecule has 1 heterocycles. The minimum Gasteiger partial charge on any atom is -0.478 e. The van der Waals surface area contributed by atoms with Crippen LogP contribution in [0, 0.1) is 0 Å². The van der Waals surface area contributed by atoms with Crippen molar-refractivity contribution in [1.82, 2.24) is 4.57 Å². The number of hydrogen-bond donors (Lipinski definition) is 2. The second-order valence-corrected chi connectivity index (χ2v) is 5.44. The zero-order valence-corrected chi connectivity index (χ0v) is 12.9. The quantitative estimate of drug-likeness (QED) is 0.756. The SMILES string of the molecule is O=C(Cn1c(=O)oc2ccc(C(=O)O)cc21)Nc1cccc(Cl)c1. The zero-order valence-electron chi connectivity index (χ0n) is 12.2. The molecule has 1 amide bonds. The zero-order chi connectivity index (χ0) is 17.3. The van der Waals surface area contributed by atoms with Crippen LogP contribution in [0.1, 0.15) is 10.4 Å². The maximum absolute atomic E-state index is 12.1. The normalized spacial score (nSPS) is 10.7. The second-order valence-electron chi connectivity index (χ2n) is 5.00. The number of halogens is 1. The number of rotatable bonds is 4. The summed E-state index contributed by atoms with van der Waals surface area (Å²) in [6.07, 6.45) is 0. The molecule has 0 fully saturated rings. The van der Waals surface area contributed by atoms with Crippen LogP contribution in [0.4, 0.5) is 5.69 Å². The van der Waals surface area contributed by atoms with E-state index < -0.39 is 17.6 Å². The molecule has 0 radical (unpaired) electrons. The third-order valence-electron chi connectivity index (χ3n) is 3.32. The van der Waals surface area contributed by atoms with Gasteiger partial charge in [0.05, 0.1) is 11.1 Å². The Labute approximate surface area is 140 Å². The first-order valence-electron chi connectivity index (χ1n) is 6.86. The van der Waals surface area contributed by atoms with Gasteiger partial charge < -0.3 is 14.8 Å². The van der Waals surface area contributed by atoms with Gasteiger partial charge in [-0.3, -0.25) is 9.36 Å². The van der Waals surface area contributed by atoms with Crippen LogP contribution in [0.25, 0.3) is 11.1 Å². The molecule has 3 rings (SSSR count). The Bertz CT molecular complexity index is 1010. The van der Waals surface area contributed by atoms with Crippen LogP contribution in [0.5, 0.6) is 0 Å². The number of carboxylic acid groups (broad SMARTS) is 1. The van der Waals surface area contributed by atoms with Gasteiger partial charge in [0, 0.05) is 10.7 Å². The van der Waals surface area contributed by atoms with Gasteiger partial charge in [-0.2, -0.15) is 0 Å². The third kappa shape index (κ3) is 3.16. The highest BCUT2D eigenvalue weighted by molar-refractivity contribution is 6.30. The lowest BCUT2D eigenvalue weighted by molar-refractivity contribution is -0.116. The second kappa shape index (κ2) is 6.21. The van der Waals surface area contributed by atoms with Gasteiger partial charge in [0.2, 0.25) is 5.91 Å². The van der Waals surface area contributed by atoms with E-state index in [0.29, 0.717) is 10.7 Å². The summed E-state index contributed by atoms with van der Waals surface area (Å²) in [6.45, 7) is -0.318. The summed E-state index contributed by atoms with van der Waals surface area (Å²) in [6, 6.07) is 10.6. The number of oxazole rings is 1. The molecule has 122 valence electrons. The van der Waals surface area contributed by atoms with Crippen LogP contribution in [0.15, 0.2) is 51.7 Å². The molecule has 0 spiro atoms. The first-order valence-corrected chi connectivity index (χ1v) is 7.24. The molecule has 0 atom stereocenters. The van der Waals surface area contributed by atoms with Gasteiger partial charge >= 0.3 is 11.7 Å². The van der Waals surface area contributed by atoms with Crippen LogP contribution >= 0.6 is 11.6 Å². The molecule has 7 nitrogen and oxygen atoms in total. The van der Waals surface area contributed by atoms with E-state index >= 15 is 0 Å². The summed E-state index contributed by atoms with van der Waals surface area (Å²) in [4.78, 5) is 35.1. The van der Waals surface area contributed by atoms with Gasteiger partial charge in [-0.05, 0) is 36.4 Å². The van der Waals surface area contributed by atoms with Crippen molar-refractivity contribution in [3.05, 3.63) is 63.6 Å². The van der Waals surface area contributed by atoms with Crippen molar-refractivity contribution in [3.63, 3.8) is 0 Å². The fourth-order valence-electron chi connectivity index (χ4n) is 2.26. The van der Waals surface area contributed by atoms with Gasteiger partial charge in [0.15, 0.2) is 5.58 Å². The molecule has 0 saturated heterocycles. The number of aromatic carboxylic acids is 1. The molecule has 0 aliphatic heterocycles. The molecule has 8 heteroatoms. The number of aromatic nitrogens is 1. The number of carbonyl (C=O) groups excluding carboxylic acids is 1. The molecule has 24 heavy (non-hydrogen) atoms. The van der Waals surface area contributed by atoms with E-state index in [4.69, 9.17) is 21.1 Å². The number of nitrogens with zero attached hydrogens (tertiary/aromatic N) is 1. The number of carbonyl (C=O) groups is 2. The molecule has 2 N–H and O–H groups in total. The standard InChI is InChI=1S/C16H11ClN2O5/c17-10-2-1-3-11(7-10)18-14(20)8-19-12-6-9(15(21)22)4-5-13(12)24-16(19)23/h1-7H,8H2,(H,18,20)(H,21,22). The van der Waals surface area contributed by atoms with Crippen molar-refractivity contribution in [2.75, 3.05) is 5.32 Å². The van der Waals surface area contributed by atoms with Crippen LogP contribution in [-0.2, 0) is 11.3 Å². The van der Waals surface area contributed by atoms with E-state index in [1.54, 1.807) is 24.3 Å². The minimum absolute atomic E-state index is 0.00713. The van der Waals surface area contributed by atoms with E-state index in [1.807, 2.05) is 0 Å². The largest absolute Gasteiger partial charge is 0.478 e. The van der Waals surface area contributed by atoms with Gasteiger partial charge in [-0.1, -0.05) is 17.7 Å². The Balaban J connectivity index is 1.90. The molecule has 0 aliphatic rings. The number of hydrogen-bond acceptors (Lipinski definition) is 4. The maximum atomic E-state index is 12.1. The molecular weight excluding hydrogens is 336 g/mol. The molecule has 0 unspecified atom stereocenters. The highest BCUT2D eigenvalue weighted by atomic mass is 35.5. The Morgan fingerprint density at radius 2 is 2.00 bits per heavy atom. The predicted octanol–water partition coefficient (Wildman–Crippen LogP) is 2.58. The highest BCUT2D eigenvalue weighted by Gasteiger charge is 2.15. The van der Waals surface area contributed by atoms with Gasteiger partial charge in [0.25, 0.3) is 0 Å². The van der Waals surface area contributed by atoms with E-state index in [9.17, 15) is 14.4 Å². The highest BCUT2D eigenvalue weighted by Crippen LogP contribution is 2.17. The van der Waals surface area contributed by atoms with E-state index in [0.717, 1.165) is 4.57 Å². The van der Waals surface area contributed by atoms with Crippen molar-refractivity contribution < 1.29 is 19.1 Å². The molecular formula is C16H11ClN2O5. The average molecular weight is 347 g/mol. The van der Waals surface area contributed by atoms with Crippen molar-refractivity contribution in [1.29, 1.82) is 0 Å². The molecule has 1 aromatic heterocycles. The monoisotopic (exact) mass is 346 g/mol. The first-order chi connectivity index (χ1) is 11.4. The van der Waals surface area contributed by atoms with Gasteiger partial charge in [-0.15, -0.1) is 0 Å². The summed E-state index contributed by atoms with van der Waals surface area (Å²) in [5.74, 6) is -2.35. The Morgan fingerprint density at radius 1 is 1.21 bits per heavy atom. The lowest BCUT2D eigenvalue weighted by Gasteiger charge is -2.06. The number of carboxylic acids is 1. The fourth-order valence-corrected chi connectivity index (χ4v) is 2.45. The number of anilines is 1. The number of nitrogens with one attached hydrogen (secondary N) is 1. The fraction of sp³-hybridized carbons (Fsp3) is 0.0625. The summed E-state index contributed by atoms with van der Waals surface area (Å²) < 4.78 is 6.09. The Kier molecular flexibility index (Phi) is 4.09. The minimum atomic E-state index is -1.14. The number of amides is 1. The first kappa shape index (κ1) is 15.8. The molecule has 0 saturated carbocycles. The number of benzene rings is 2. The van der Waals surface area contributed by atoms with Crippen LogP contribution in [0.2, 0.25) is 5.02 Å². The van der Waals surface area contributed by atoms with Crippen LogP contribution < -0.4 is 11.1 Å². The van der Waals surface area contributed by atoms with Crippen molar-refractivity contribution in [3.8, 4) is 0 Å². The summed E-state index contributed by atoms with van der Waals surface area (Å²) in [5.41, 5.74) is 0.925. The van der Waals surface area contributed by atoms with Crippen LogP contribution in [0.3, 0.4) is 0 Å². The average Bonchev–Trinajstić information content (AvgIpc) is 2.82. The molecule has 0 bridgehead atoms. The Hall–Kier alpha value is -3.06. The maximum Gasteiger partial charge on any atom is 0.420 e. The molecule has 3 aromatic rings. The van der Waals surface area contributed by atoms with Crippen LogP contribution in [-0.4, -0.2) is 21.6 Å². The predicted molar refractivity (Wildman–Crippen MR) is 87.5 cm³/mol. The number of fused-ring (bicyclic) bond motifs is 1. The molecule has 0 aliphatic carbocycles. The van der Waals surface area contributed by atoms with Crippen molar-refractivity contribution in [2.45, 2.75) is 6.54 Å². The summed E-state index contributed by atoms with van der Waals surface area (Å²) in [7, 11) is 0.